The minimum Gasteiger partial charge on any atom is -1.00 e. The Balaban J connectivity index is -0.00000000286. The summed E-state index contributed by atoms with van der Waals surface area (Å²) in [5, 5.41) is 0. The molecule has 0 aromatic carbocycles. The molecule has 0 saturated heterocycles. The standard InChI is InChI=1S/6CH4.K.H3O4P.H/c;;;;;;;1-5(2,3)4;/h6*1H4;;(H3,1,2,3,4);/q;;;;;;+1;;-1. The normalized spacial score (nSPS) is 4.92. The van der Waals surface area contributed by atoms with E-state index in [9.17, 15) is 0 Å². The molecule has 0 amide bonds. The van der Waals surface area contributed by atoms with E-state index in [1.807, 2.05) is 0 Å². The van der Waals surface area contributed by atoms with E-state index >= 15 is 0 Å². The first-order chi connectivity index (χ1) is 2.00. The number of hydrogen-bond donors (Lipinski definition) is 3. The van der Waals surface area contributed by atoms with Gasteiger partial charge in [-0.15, -0.1) is 0 Å². The van der Waals surface area contributed by atoms with Crippen molar-refractivity contribution in [1.82, 2.24) is 0 Å². The molecule has 0 aliphatic rings. The summed E-state index contributed by atoms with van der Waals surface area (Å²) in [6.07, 6.45) is 0. The second-order valence-electron chi connectivity index (χ2n) is 0.513. The van der Waals surface area contributed by atoms with Crippen LogP contribution in [0.4, 0.5) is 0 Å². The van der Waals surface area contributed by atoms with Crippen molar-refractivity contribution in [1.29, 1.82) is 0 Å². The van der Waals surface area contributed by atoms with Crippen molar-refractivity contribution in [2.75, 3.05) is 0 Å². The van der Waals surface area contributed by atoms with E-state index < -0.39 is 7.82 Å². The summed E-state index contributed by atoms with van der Waals surface area (Å²) in [5.74, 6) is 0. The molecule has 0 fully saturated rings. The number of rotatable bonds is 0. The van der Waals surface area contributed by atoms with Gasteiger partial charge in [0.25, 0.3) is 0 Å². The van der Waals surface area contributed by atoms with Gasteiger partial charge in [0.15, 0.2) is 0 Å². The van der Waals surface area contributed by atoms with Gasteiger partial charge in [-0.05, 0) is 0 Å². The van der Waals surface area contributed by atoms with Gasteiger partial charge in [-0.3, -0.25) is 0 Å². The molecule has 4 nitrogen and oxygen atoms in total. The van der Waals surface area contributed by atoms with Crippen LogP contribution in [0.15, 0.2) is 0 Å². The summed E-state index contributed by atoms with van der Waals surface area (Å²) in [6, 6.07) is 0. The summed E-state index contributed by atoms with van der Waals surface area (Å²) < 4.78 is 8.88. The maximum Gasteiger partial charge on any atom is 1.00 e. The largest absolute Gasteiger partial charge is 1.00 e. The van der Waals surface area contributed by atoms with Gasteiger partial charge in [0.1, 0.15) is 0 Å². The van der Waals surface area contributed by atoms with Crippen molar-refractivity contribution in [3.8, 4) is 0 Å². The maximum absolute atomic E-state index is 8.88. The Kier molecular flexibility index (Phi) is 165. The zero-order valence-corrected chi connectivity index (χ0v) is 7.21. The Morgan fingerprint density at radius 2 is 0.750 bits per heavy atom. The third-order valence-corrected chi connectivity index (χ3v) is 0. The van der Waals surface area contributed by atoms with Crippen LogP contribution in [-0.4, -0.2) is 14.7 Å². The van der Waals surface area contributed by atoms with Crippen molar-refractivity contribution < 1.29 is 72.1 Å². The van der Waals surface area contributed by atoms with Crippen molar-refractivity contribution >= 4 is 7.82 Å². The molecular weight excluding hydrogens is 206 g/mol. The Morgan fingerprint density at radius 3 is 0.750 bits per heavy atom. The summed E-state index contributed by atoms with van der Waals surface area (Å²) in [4.78, 5) is 21.6. The van der Waals surface area contributed by atoms with Crippen LogP contribution in [0.3, 0.4) is 0 Å². The molecule has 0 saturated carbocycles. The molecule has 3 N–H and O–H groups in total. The zero-order chi connectivity index (χ0) is 4.50. The first-order valence-electron chi connectivity index (χ1n) is 0.783. The van der Waals surface area contributed by atoms with Crippen molar-refractivity contribution in [2.45, 2.75) is 44.6 Å². The monoisotopic (exact) mass is 234 g/mol. The van der Waals surface area contributed by atoms with Gasteiger partial charge in [-0.25, -0.2) is 4.57 Å². The second-order valence-corrected chi connectivity index (χ2v) is 1.54. The average molecular weight is 234 g/mol. The van der Waals surface area contributed by atoms with E-state index in [0.29, 0.717) is 0 Å². The molecule has 0 heterocycles. The molecule has 0 aliphatic heterocycles. The fraction of sp³-hybridized carbons (Fsp3) is 1.00. The van der Waals surface area contributed by atoms with Crippen LogP contribution in [0.5, 0.6) is 0 Å². The number of phosphoric acid groups is 1. The molecule has 0 rings (SSSR count). The summed E-state index contributed by atoms with van der Waals surface area (Å²) in [6.45, 7) is 0. The molecule has 0 spiro atoms. The summed E-state index contributed by atoms with van der Waals surface area (Å²) >= 11 is 0. The average Bonchev–Trinajstić information content (AvgIpc) is 0.722. The Labute approximate surface area is 123 Å². The van der Waals surface area contributed by atoms with Crippen LogP contribution >= 0.6 is 7.82 Å². The van der Waals surface area contributed by atoms with Gasteiger partial charge in [-0.1, -0.05) is 44.6 Å². The number of hydrogen-bond acceptors (Lipinski definition) is 1. The zero-order valence-electron chi connectivity index (χ0n) is 4.20. The van der Waals surface area contributed by atoms with Crippen LogP contribution in [0.25, 0.3) is 0 Å². The van der Waals surface area contributed by atoms with Crippen LogP contribution < -0.4 is 51.4 Å². The molecule has 12 heavy (non-hydrogen) atoms. The predicted molar refractivity (Wildman–Crippen MR) is 55.8 cm³/mol. The van der Waals surface area contributed by atoms with E-state index in [4.69, 9.17) is 19.2 Å². The third-order valence-electron chi connectivity index (χ3n) is 0. The fourth-order valence-corrected chi connectivity index (χ4v) is 0. The Morgan fingerprint density at radius 1 is 0.750 bits per heavy atom. The van der Waals surface area contributed by atoms with E-state index in [0.717, 1.165) is 0 Å². The van der Waals surface area contributed by atoms with Crippen molar-refractivity contribution in [3.05, 3.63) is 0 Å². The van der Waals surface area contributed by atoms with E-state index in [1.165, 1.54) is 0 Å². The van der Waals surface area contributed by atoms with E-state index in [2.05, 4.69) is 0 Å². The molecule has 0 atom stereocenters. The van der Waals surface area contributed by atoms with Crippen LogP contribution in [0.1, 0.15) is 46.0 Å². The first-order valence-corrected chi connectivity index (χ1v) is 2.35. The molecule has 0 unspecified atom stereocenters. The minimum absolute atomic E-state index is 0. The third kappa shape index (κ3) is 445. The Hall–Kier alpha value is 1.75. The first kappa shape index (κ1) is 67.6. The van der Waals surface area contributed by atoms with E-state index in [-0.39, 0.29) is 97.4 Å². The van der Waals surface area contributed by atoms with Crippen LogP contribution in [-0.2, 0) is 4.57 Å². The SMILES string of the molecule is C.C.C.C.C.C.O=P(O)(O)O.[H-].[K+]. The van der Waals surface area contributed by atoms with Crippen molar-refractivity contribution in [2.24, 2.45) is 0 Å². The summed E-state index contributed by atoms with van der Waals surface area (Å²) in [5.41, 5.74) is 0. The smallest absolute Gasteiger partial charge is 1.00 e. The summed E-state index contributed by atoms with van der Waals surface area (Å²) in [7, 11) is -4.64. The molecule has 0 radical (unpaired) electrons. The molecule has 82 valence electrons. The molecule has 0 aromatic heterocycles. The second kappa shape index (κ2) is 29.3. The van der Waals surface area contributed by atoms with Crippen molar-refractivity contribution in [3.63, 3.8) is 0 Å². The van der Waals surface area contributed by atoms with Gasteiger partial charge in [0, 0.05) is 0 Å². The minimum atomic E-state index is -4.64. The topological polar surface area (TPSA) is 77.8 Å². The predicted octanol–water partition coefficient (Wildman–Crippen LogP) is 0.00450. The van der Waals surface area contributed by atoms with Crippen LogP contribution in [0, 0.1) is 0 Å². The van der Waals surface area contributed by atoms with Gasteiger partial charge < -0.3 is 16.1 Å². The molecule has 0 bridgehead atoms. The fourth-order valence-electron chi connectivity index (χ4n) is 0. The molecule has 6 heteroatoms. The quantitative estimate of drug-likeness (QED) is 0.407. The molecular formula is C6H28KO4P. The maximum atomic E-state index is 8.88. The molecule has 0 aromatic rings. The van der Waals surface area contributed by atoms with E-state index in [1.54, 1.807) is 0 Å². The Bertz CT molecular complexity index is 70.8. The van der Waals surface area contributed by atoms with Gasteiger partial charge in [-0.2, -0.15) is 0 Å². The molecule has 0 aliphatic carbocycles. The van der Waals surface area contributed by atoms with Gasteiger partial charge in [0.2, 0.25) is 0 Å². The van der Waals surface area contributed by atoms with Gasteiger partial charge >= 0.3 is 59.2 Å². The van der Waals surface area contributed by atoms with Gasteiger partial charge in [0.05, 0.1) is 0 Å². The van der Waals surface area contributed by atoms with Crippen LogP contribution in [0.2, 0.25) is 0 Å².